The maximum absolute atomic E-state index is 11.6. The fourth-order valence-corrected chi connectivity index (χ4v) is 1.79. The summed E-state index contributed by atoms with van der Waals surface area (Å²) >= 11 is 5.49. The highest BCUT2D eigenvalue weighted by molar-refractivity contribution is 6.30. The molecule has 5 nitrogen and oxygen atoms in total. The van der Waals surface area contributed by atoms with Gasteiger partial charge in [0.05, 0.1) is 23.0 Å². The SMILES string of the molecule is N#Cc1ccc2c(c1)N(C(=O)CCl)CC(=O)N2. The second kappa shape index (κ2) is 4.44. The number of anilines is 2. The highest BCUT2D eigenvalue weighted by Gasteiger charge is 2.26. The van der Waals surface area contributed by atoms with Gasteiger partial charge in [0.25, 0.3) is 0 Å². The number of carbonyl (C=O) groups is 2. The molecule has 0 aliphatic carbocycles. The Kier molecular flexibility index (Phi) is 2.98. The number of amides is 2. The minimum atomic E-state index is -0.363. The maximum atomic E-state index is 11.6. The van der Waals surface area contributed by atoms with Gasteiger partial charge < -0.3 is 5.32 Å². The van der Waals surface area contributed by atoms with Crippen molar-refractivity contribution >= 4 is 34.8 Å². The van der Waals surface area contributed by atoms with Crippen molar-refractivity contribution in [3.63, 3.8) is 0 Å². The molecule has 2 amide bonds. The number of hydrogen-bond donors (Lipinski definition) is 1. The molecule has 86 valence electrons. The zero-order valence-corrected chi connectivity index (χ0v) is 9.49. The number of hydrogen-bond acceptors (Lipinski definition) is 3. The number of nitrogens with one attached hydrogen (secondary N) is 1. The number of fused-ring (bicyclic) bond motifs is 1. The van der Waals surface area contributed by atoms with E-state index < -0.39 is 0 Å². The van der Waals surface area contributed by atoms with Gasteiger partial charge in [0, 0.05) is 0 Å². The highest BCUT2D eigenvalue weighted by Crippen LogP contribution is 2.30. The Morgan fingerprint density at radius 1 is 1.59 bits per heavy atom. The first-order chi connectivity index (χ1) is 8.15. The lowest BCUT2D eigenvalue weighted by Gasteiger charge is -2.28. The summed E-state index contributed by atoms with van der Waals surface area (Å²) in [6.45, 7) is -0.0760. The summed E-state index contributed by atoms with van der Waals surface area (Å²) < 4.78 is 0. The van der Waals surface area contributed by atoms with Gasteiger partial charge in [0.15, 0.2) is 0 Å². The smallest absolute Gasteiger partial charge is 0.244 e. The fraction of sp³-hybridized carbons (Fsp3) is 0.182. The van der Waals surface area contributed by atoms with Gasteiger partial charge in [0.2, 0.25) is 11.8 Å². The lowest BCUT2D eigenvalue weighted by molar-refractivity contribution is -0.120. The molecule has 0 aromatic heterocycles. The van der Waals surface area contributed by atoms with Crippen molar-refractivity contribution in [2.24, 2.45) is 0 Å². The zero-order valence-electron chi connectivity index (χ0n) is 8.74. The average molecular weight is 250 g/mol. The van der Waals surface area contributed by atoms with Crippen molar-refractivity contribution < 1.29 is 9.59 Å². The molecule has 0 saturated carbocycles. The van der Waals surface area contributed by atoms with Crippen molar-refractivity contribution in [3.05, 3.63) is 23.8 Å². The number of nitriles is 1. The summed E-state index contributed by atoms with van der Waals surface area (Å²) in [4.78, 5) is 24.3. The molecule has 0 radical (unpaired) electrons. The molecule has 17 heavy (non-hydrogen) atoms. The number of nitrogens with zero attached hydrogens (tertiary/aromatic N) is 2. The minimum Gasteiger partial charge on any atom is -0.323 e. The Labute approximate surface area is 103 Å². The van der Waals surface area contributed by atoms with E-state index in [1.165, 1.54) is 4.90 Å². The summed E-state index contributed by atoms with van der Waals surface area (Å²) in [6.07, 6.45) is 0. The van der Waals surface area contributed by atoms with Crippen LogP contribution in [0.25, 0.3) is 0 Å². The van der Waals surface area contributed by atoms with E-state index in [1.807, 2.05) is 6.07 Å². The molecule has 1 N–H and O–H groups in total. The molecule has 0 saturated heterocycles. The van der Waals surface area contributed by atoms with Gasteiger partial charge in [-0.25, -0.2) is 0 Å². The van der Waals surface area contributed by atoms with E-state index in [2.05, 4.69) is 5.32 Å². The summed E-state index contributed by atoms with van der Waals surface area (Å²) in [6, 6.07) is 6.71. The molecular formula is C11H8ClN3O2. The lowest BCUT2D eigenvalue weighted by Crippen LogP contribution is -2.42. The third-order valence-electron chi connectivity index (χ3n) is 2.41. The minimum absolute atomic E-state index is 0.0760. The van der Waals surface area contributed by atoms with Crippen LogP contribution in [0.3, 0.4) is 0 Å². The van der Waals surface area contributed by atoms with Crippen molar-refractivity contribution in [2.75, 3.05) is 22.6 Å². The molecule has 0 atom stereocenters. The molecule has 1 aromatic carbocycles. The van der Waals surface area contributed by atoms with Crippen LogP contribution in [-0.4, -0.2) is 24.2 Å². The number of halogens is 1. The highest BCUT2D eigenvalue weighted by atomic mass is 35.5. The molecule has 2 rings (SSSR count). The van der Waals surface area contributed by atoms with Crippen LogP contribution < -0.4 is 10.2 Å². The Hall–Kier alpha value is -2.06. The van der Waals surface area contributed by atoms with Crippen molar-refractivity contribution in [2.45, 2.75) is 0 Å². The number of alkyl halides is 1. The van der Waals surface area contributed by atoms with E-state index >= 15 is 0 Å². The standard InChI is InChI=1S/C11H8ClN3O2/c12-4-11(17)15-6-10(16)14-8-2-1-7(5-13)3-9(8)15/h1-3H,4,6H2,(H,14,16). The van der Waals surface area contributed by atoms with E-state index in [1.54, 1.807) is 18.2 Å². The Bertz CT molecular complexity index is 536. The van der Waals surface area contributed by atoms with E-state index in [0.29, 0.717) is 16.9 Å². The number of rotatable bonds is 1. The molecule has 1 aliphatic heterocycles. The first-order valence-electron chi connectivity index (χ1n) is 4.86. The van der Waals surface area contributed by atoms with E-state index in [-0.39, 0.29) is 24.2 Å². The van der Waals surface area contributed by atoms with E-state index in [4.69, 9.17) is 16.9 Å². The first-order valence-corrected chi connectivity index (χ1v) is 5.39. The van der Waals surface area contributed by atoms with Crippen molar-refractivity contribution in [3.8, 4) is 6.07 Å². The predicted octanol–water partition coefficient (Wildman–Crippen LogP) is 1.08. The van der Waals surface area contributed by atoms with Crippen LogP contribution in [0.1, 0.15) is 5.56 Å². The van der Waals surface area contributed by atoms with Gasteiger partial charge in [-0.2, -0.15) is 5.26 Å². The molecule has 0 unspecified atom stereocenters. The first kappa shape index (κ1) is 11.4. The van der Waals surface area contributed by atoms with Gasteiger partial charge in [0.1, 0.15) is 12.4 Å². The van der Waals surface area contributed by atoms with Crippen LogP contribution >= 0.6 is 11.6 Å². The van der Waals surface area contributed by atoms with E-state index in [9.17, 15) is 9.59 Å². The van der Waals surface area contributed by atoms with Gasteiger partial charge >= 0.3 is 0 Å². The lowest BCUT2D eigenvalue weighted by atomic mass is 10.1. The third-order valence-corrected chi connectivity index (χ3v) is 2.64. The molecule has 6 heteroatoms. The third kappa shape index (κ3) is 2.08. The summed E-state index contributed by atoms with van der Waals surface area (Å²) in [5.74, 6) is -0.845. The quantitative estimate of drug-likeness (QED) is 0.757. The fourth-order valence-electron chi connectivity index (χ4n) is 1.64. The van der Waals surface area contributed by atoms with Crippen LogP contribution in [-0.2, 0) is 9.59 Å². The normalized spacial score (nSPS) is 13.6. The topological polar surface area (TPSA) is 73.2 Å². The molecule has 0 spiro atoms. The molecule has 1 aromatic rings. The summed E-state index contributed by atoms with van der Waals surface area (Å²) in [7, 11) is 0. The second-order valence-electron chi connectivity index (χ2n) is 3.51. The summed E-state index contributed by atoms with van der Waals surface area (Å²) in [5.41, 5.74) is 1.44. The van der Waals surface area contributed by atoms with Gasteiger partial charge in [-0.1, -0.05) is 0 Å². The molecule has 0 fully saturated rings. The van der Waals surface area contributed by atoms with Gasteiger partial charge in [-0.05, 0) is 18.2 Å². The Balaban J connectivity index is 2.50. The Morgan fingerprint density at radius 2 is 2.35 bits per heavy atom. The van der Waals surface area contributed by atoms with Crippen LogP contribution in [0.4, 0.5) is 11.4 Å². The summed E-state index contributed by atoms with van der Waals surface area (Å²) in [5, 5.41) is 11.4. The Morgan fingerprint density at radius 3 is 3.00 bits per heavy atom. The second-order valence-corrected chi connectivity index (χ2v) is 3.77. The average Bonchev–Trinajstić information content (AvgIpc) is 2.36. The van der Waals surface area contributed by atoms with Crippen LogP contribution in [0.2, 0.25) is 0 Å². The van der Waals surface area contributed by atoms with Crippen LogP contribution in [0.5, 0.6) is 0 Å². The van der Waals surface area contributed by atoms with Crippen molar-refractivity contribution in [1.29, 1.82) is 5.26 Å². The molecular weight excluding hydrogens is 242 g/mol. The number of carbonyl (C=O) groups excluding carboxylic acids is 2. The molecule has 1 heterocycles. The van der Waals surface area contributed by atoms with Gasteiger partial charge in [-0.15, -0.1) is 11.6 Å². The van der Waals surface area contributed by atoms with Gasteiger partial charge in [-0.3, -0.25) is 14.5 Å². The number of benzene rings is 1. The maximum Gasteiger partial charge on any atom is 0.244 e. The largest absolute Gasteiger partial charge is 0.323 e. The molecule has 0 bridgehead atoms. The van der Waals surface area contributed by atoms with Crippen LogP contribution in [0.15, 0.2) is 18.2 Å². The monoisotopic (exact) mass is 249 g/mol. The zero-order chi connectivity index (χ0) is 12.4. The predicted molar refractivity (Wildman–Crippen MR) is 62.9 cm³/mol. The van der Waals surface area contributed by atoms with Crippen molar-refractivity contribution in [1.82, 2.24) is 0 Å². The van der Waals surface area contributed by atoms with E-state index in [0.717, 1.165) is 0 Å². The van der Waals surface area contributed by atoms with Crippen LogP contribution in [0, 0.1) is 11.3 Å². The molecule has 1 aliphatic rings.